The first kappa shape index (κ1) is 6.40. The van der Waals surface area contributed by atoms with Gasteiger partial charge in [0.05, 0.1) is 0 Å². The molecule has 2 rings (SSSR count). The molecule has 4 heteroatoms. The van der Waals surface area contributed by atoms with Gasteiger partial charge in [0.1, 0.15) is 13.7 Å². The summed E-state index contributed by atoms with van der Waals surface area (Å²) in [5, 5.41) is 7.80. The van der Waals surface area contributed by atoms with Crippen LogP contribution in [0.15, 0.2) is 18.3 Å². The second-order valence-corrected chi connectivity index (χ2v) is 2.40. The highest BCUT2D eigenvalue weighted by molar-refractivity contribution is 6.36. The maximum absolute atomic E-state index is 5.65. The van der Waals surface area contributed by atoms with Crippen LogP contribution >= 0.6 is 0 Å². The summed E-state index contributed by atoms with van der Waals surface area (Å²) in [6.07, 6.45) is 1.89. The van der Waals surface area contributed by atoms with Crippen molar-refractivity contribution >= 4 is 19.0 Å². The van der Waals surface area contributed by atoms with Gasteiger partial charge in [0.25, 0.3) is 0 Å². The van der Waals surface area contributed by atoms with Crippen LogP contribution in [0.2, 0.25) is 0 Å². The van der Waals surface area contributed by atoms with Crippen LogP contribution in [0.4, 0.5) is 0 Å². The Morgan fingerprint density at radius 1 is 1.45 bits per heavy atom. The van der Waals surface area contributed by atoms with E-state index >= 15 is 0 Å². The SMILES string of the molecule is [B]c1cccn2c(C)nnc12. The van der Waals surface area contributed by atoms with Crippen molar-refractivity contribution in [3.8, 4) is 0 Å². The molecule has 0 N–H and O–H groups in total. The van der Waals surface area contributed by atoms with E-state index in [-0.39, 0.29) is 0 Å². The van der Waals surface area contributed by atoms with Crippen LogP contribution in [0.1, 0.15) is 5.82 Å². The smallest absolute Gasteiger partial charge is 0.153 e. The second kappa shape index (κ2) is 2.08. The molecular formula is C7H6BN3. The first-order valence-corrected chi connectivity index (χ1v) is 3.35. The average Bonchev–Trinajstić information content (AvgIpc) is 2.35. The van der Waals surface area contributed by atoms with E-state index in [9.17, 15) is 0 Å². The fourth-order valence-electron chi connectivity index (χ4n) is 1.05. The predicted molar refractivity (Wildman–Crippen MR) is 43.1 cm³/mol. The summed E-state index contributed by atoms with van der Waals surface area (Å²) in [6.45, 7) is 1.89. The normalized spacial score (nSPS) is 10.6. The molecule has 0 fully saturated rings. The maximum atomic E-state index is 5.65. The molecule has 0 atom stereocenters. The van der Waals surface area contributed by atoms with Gasteiger partial charge < -0.3 is 0 Å². The lowest BCUT2D eigenvalue weighted by molar-refractivity contribution is 1.01. The molecule has 52 valence electrons. The summed E-state index contributed by atoms with van der Waals surface area (Å²) in [6, 6.07) is 3.68. The standard InChI is InChI=1S/C7H6BN3/c1-5-9-10-7-6(8)3-2-4-11(5)7/h2-4H,1H3. The molecule has 0 spiro atoms. The zero-order valence-corrected chi connectivity index (χ0v) is 6.15. The van der Waals surface area contributed by atoms with Crippen LogP contribution < -0.4 is 5.46 Å². The van der Waals surface area contributed by atoms with E-state index < -0.39 is 0 Å². The minimum atomic E-state index is 0.660. The van der Waals surface area contributed by atoms with E-state index in [1.165, 1.54) is 0 Å². The van der Waals surface area contributed by atoms with Gasteiger partial charge in [-0.3, -0.25) is 4.40 Å². The number of hydrogen-bond acceptors (Lipinski definition) is 2. The molecule has 0 saturated carbocycles. The second-order valence-electron chi connectivity index (χ2n) is 2.40. The number of pyridine rings is 1. The molecule has 0 aliphatic carbocycles. The Kier molecular flexibility index (Phi) is 1.21. The number of aryl methyl sites for hydroxylation is 1. The highest BCUT2D eigenvalue weighted by Crippen LogP contribution is 1.97. The molecule has 3 nitrogen and oxygen atoms in total. The molecule has 0 amide bonds. The lowest BCUT2D eigenvalue weighted by Gasteiger charge is -1.95. The van der Waals surface area contributed by atoms with Crippen molar-refractivity contribution in [3.63, 3.8) is 0 Å². The lowest BCUT2D eigenvalue weighted by atomic mass is 9.98. The predicted octanol–water partition coefficient (Wildman–Crippen LogP) is -0.168. The van der Waals surface area contributed by atoms with Crippen molar-refractivity contribution in [3.05, 3.63) is 24.2 Å². The highest BCUT2D eigenvalue weighted by Gasteiger charge is 1.99. The molecule has 0 saturated heterocycles. The van der Waals surface area contributed by atoms with Gasteiger partial charge in [-0.05, 0) is 13.0 Å². The molecule has 2 aromatic rings. The summed E-state index contributed by atoms with van der Waals surface area (Å²) in [4.78, 5) is 0. The zero-order valence-electron chi connectivity index (χ0n) is 6.15. The minimum absolute atomic E-state index is 0.660. The molecule has 0 aromatic carbocycles. The van der Waals surface area contributed by atoms with Crippen molar-refractivity contribution in [2.75, 3.05) is 0 Å². The number of aromatic nitrogens is 3. The van der Waals surface area contributed by atoms with Crippen LogP contribution in [0.3, 0.4) is 0 Å². The fourth-order valence-corrected chi connectivity index (χ4v) is 1.05. The Labute approximate surface area is 65.5 Å². The third kappa shape index (κ3) is 0.825. The van der Waals surface area contributed by atoms with E-state index in [4.69, 9.17) is 7.85 Å². The van der Waals surface area contributed by atoms with Crippen LogP contribution in [0.5, 0.6) is 0 Å². The third-order valence-corrected chi connectivity index (χ3v) is 1.64. The summed E-state index contributed by atoms with van der Waals surface area (Å²) in [7, 11) is 5.65. The highest BCUT2D eigenvalue weighted by atomic mass is 15.2. The van der Waals surface area contributed by atoms with Crippen molar-refractivity contribution in [1.29, 1.82) is 0 Å². The lowest BCUT2D eigenvalue weighted by Crippen LogP contribution is -2.06. The molecule has 11 heavy (non-hydrogen) atoms. The molecule has 2 aromatic heterocycles. The Hall–Kier alpha value is -1.32. The zero-order chi connectivity index (χ0) is 7.84. The molecule has 0 unspecified atom stereocenters. The first-order chi connectivity index (χ1) is 5.29. The first-order valence-electron chi connectivity index (χ1n) is 3.35. The summed E-state index contributed by atoms with van der Waals surface area (Å²) >= 11 is 0. The fraction of sp³-hybridized carbons (Fsp3) is 0.143. The van der Waals surface area contributed by atoms with E-state index in [1.54, 1.807) is 0 Å². The maximum Gasteiger partial charge on any atom is 0.153 e. The molecule has 2 heterocycles. The quantitative estimate of drug-likeness (QED) is 0.479. The van der Waals surface area contributed by atoms with E-state index in [1.807, 2.05) is 29.7 Å². The molecule has 0 bridgehead atoms. The molecule has 2 radical (unpaired) electrons. The van der Waals surface area contributed by atoms with Crippen LogP contribution in [-0.4, -0.2) is 22.4 Å². The van der Waals surface area contributed by atoms with Gasteiger partial charge >= 0.3 is 0 Å². The largest absolute Gasteiger partial charge is 0.287 e. The van der Waals surface area contributed by atoms with Gasteiger partial charge in [0.2, 0.25) is 0 Å². The van der Waals surface area contributed by atoms with Gasteiger partial charge in [-0.2, -0.15) is 0 Å². The molecule has 0 aliphatic heterocycles. The number of rotatable bonds is 0. The van der Waals surface area contributed by atoms with Crippen molar-refractivity contribution in [2.45, 2.75) is 6.92 Å². The molecular weight excluding hydrogens is 137 g/mol. The number of fused-ring (bicyclic) bond motifs is 1. The van der Waals surface area contributed by atoms with Gasteiger partial charge in [-0.1, -0.05) is 11.5 Å². The van der Waals surface area contributed by atoms with Gasteiger partial charge in [0, 0.05) is 6.20 Å². The summed E-state index contributed by atoms with van der Waals surface area (Å²) < 4.78 is 1.86. The van der Waals surface area contributed by atoms with E-state index in [2.05, 4.69) is 10.2 Å². The van der Waals surface area contributed by atoms with E-state index in [0.717, 1.165) is 11.5 Å². The Morgan fingerprint density at radius 3 is 3.00 bits per heavy atom. The van der Waals surface area contributed by atoms with Gasteiger partial charge in [-0.25, -0.2) is 0 Å². The average molecular weight is 143 g/mol. The molecule has 0 aliphatic rings. The monoisotopic (exact) mass is 143 g/mol. The third-order valence-electron chi connectivity index (χ3n) is 1.64. The van der Waals surface area contributed by atoms with Crippen LogP contribution in [-0.2, 0) is 0 Å². The Balaban J connectivity index is 2.94. The topological polar surface area (TPSA) is 30.2 Å². The summed E-state index contributed by atoms with van der Waals surface area (Å²) in [5.74, 6) is 0.854. The Morgan fingerprint density at radius 2 is 2.27 bits per heavy atom. The van der Waals surface area contributed by atoms with Crippen molar-refractivity contribution < 1.29 is 0 Å². The van der Waals surface area contributed by atoms with E-state index in [0.29, 0.717) is 5.46 Å². The van der Waals surface area contributed by atoms with Gasteiger partial charge in [0.15, 0.2) is 5.65 Å². The minimum Gasteiger partial charge on any atom is -0.287 e. The Bertz CT molecular complexity index is 393. The number of hydrogen-bond donors (Lipinski definition) is 0. The van der Waals surface area contributed by atoms with Crippen molar-refractivity contribution in [2.24, 2.45) is 0 Å². The van der Waals surface area contributed by atoms with Crippen LogP contribution in [0, 0.1) is 6.92 Å². The van der Waals surface area contributed by atoms with Crippen LogP contribution in [0.25, 0.3) is 5.65 Å². The van der Waals surface area contributed by atoms with Gasteiger partial charge in [-0.15, -0.1) is 10.2 Å². The summed E-state index contributed by atoms with van der Waals surface area (Å²) in [5.41, 5.74) is 1.39. The van der Waals surface area contributed by atoms with Crippen molar-refractivity contribution in [1.82, 2.24) is 14.6 Å². The number of nitrogens with zero attached hydrogens (tertiary/aromatic N) is 3.